The van der Waals surface area contributed by atoms with Gasteiger partial charge in [0.25, 0.3) is 0 Å². The predicted molar refractivity (Wildman–Crippen MR) is 157 cm³/mol. The largest absolute Gasteiger partial charge is 0.355 e. The molecule has 4 aromatic rings. The number of aromatic nitrogens is 7. The maximum absolute atomic E-state index is 15.9. The van der Waals surface area contributed by atoms with Crippen LogP contribution in [0.4, 0.5) is 10.2 Å². The summed E-state index contributed by atoms with van der Waals surface area (Å²) in [5.41, 5.74) is 2.12. The van der Waals surface area contributed by atoms with E-state index in [2.05, 4.69) is 26.9 Å². The minimum atomic E-state index is -0.607. The average molecular weight is 570 g/mol. The lowest BCUT2D eigenvalue weighted by atomic mass is 10.0. The van der Waals surface area contributed by atoms with E-state index in [-0.39, 0.29) is 40.9 Å². The number of hydrogen-bond acceptors (Lipinski definition) is 8. The molecule has 4 aromatic heterocycles. The number of anilines is 1. The van der Waals surface area contributed by atoms with Crippen molar-refractivity contribution in [3.8, 4) is 17.1 Å². The smallest absolute Gasteiger partial charge is 0.349 e. The molecule has 0 N–H and O–H groups in total. The van der Waals surface area contributed by atoms with E-state index in [1.54, 1.807) is 22.0 Å². The molecule has 4 bridgehead atoms. The second kappa shape index (κ2) is 10.6. The Balaban J connectivity index is 1.66. The van der Waals surface area contributed by atoms with Crippen LogP contribution in [0.2, 0.25) is 0 Å². The van der Waals surface area contributed by atoms with Crippen LogP contribution in [0.25, 0.3) is 28.1 Å². The van der Waals surface area contributed by atoms with Gasteiger partial charge in [-0.25, -0.2) is 23.4 Å². The highest BCUT2D eigenvalue weighted by molar-refractivity contribution is 5.91. The summed E-state index contributed by atoms with van der Waals surface area (Å²) in [6.45, 7) is 12.8. The third kappa shape index (κ3) is 4.56. The molecule has 1 fully saturated rings. The van der Waals surface area contributed by atoms with Gasteiger partial charge in [-0.2, -0.15) is 4.98 Å². The molecule has 6 heterocycles. The van der Waals surface area contributed by atoms with E-state index in [4.69, 9.17) is 4.98 Å². The fraction of sp³-hybridized carbons (Fsp3) is 0.367. The zero-order valence-corrected chi connectivity index (χ0v) is 24.0. The molecule has 2 aliphatic rings. The van der Waals surface area contributed by atoms with Crippen LogP contribution >= 0.6 is 0 Å². The molecule has 1 saturated heterocycles. The van der Waals surface area contributed by atoms with E-state index in [1.807, 2.05) is 50.8 Å². The summed E-state index contributed by atoms with van der Waals surface area (Å²) >= 11 is 0. The summed E-state index contributed by atoms with van der Waals surface area (Å²) in [5, 5.41) is 8.67. The predicted octanol–water partition coefficient (Wildman–Crippen LogP) is 3.42. The fourth-order valence-corrected chi connectivity index (χ4v) is 5.80. The lowest BCUT2D eigenvalue weighted by molar-refractivity contribution is -0.128. The zero-order valence-electron chi connectivity index (χ0n) is 24.0. The number of hydrogen-bond donors (Lipinski definition) is 0. The van der Waals surface area contributed by atoms with E-state index in [9.17, 15) is 9.59 Å². The van der Waals surface area contributed by atoms with Gasteiger partial charge in [0.05, 0.1) is 29.5 Å². The number of allylic oxidation sites excluding steroid dienone is 2. The minimum absolute atomic E-state index is 0.0124. The summed E-state index contributed by atoms with van der Waals surface area (Å²) in [7, 11) is 0. The van der Waals surface area contributed by atoms with Crippen LogP contribution in [-0.4, -0.2) is 70.5 Å². The molecule has 216 valence electrons. The van der Waals surface area contributed by atoms with Gasteiger partial charge in [-0.3, -0.25) is 9.78 Å². The first kappa shape index (κ1) is 27.4. The van der Waals surface area contributed by atoms with Gasteiger partial charge in [-0.05, 0) is 50.0 Å². The Kier molecular flexibility index (Phi) is 6.91. The molecular weight excluding hydrogens is 537 g/mol. The topological polar surface area (TPSA) is 115 Å². The molecule has 1 amide bonds. The number of piperazine rings is 1. The number of rotatable bonds is 3. The average Bonchev–Trinajstić information content (AvgIpc) is 3.44. The number of fused-ring (bicyclic) bond motifs is 6. The van der Waals surface area contributed by atoms with E-state index in [1.165, 1.54) is 16.7 Å². The Labute approximate surface area is 242 Å². The molecule has 0 aromatic carbocycles. The summed E-state index contributed by atoms with van der Waals surface area (Å²) in [6, 6.07) is 2.85. The molecular formula is C30H32FN9O2. The summed E-state index contributed by atoms with van der Waals surface area (Å²) in [5.74, 6) is -0.468. The highest BCUT2D eigenvalue weighted by atomic mass is 19.1. The van der Waals surface area contributed by atoms with Crippen LogP contribution in [-0.2, 0) is 17.8 Å². The zero-order chi connectivity index (χ0) is 29.7. The maximum Gasteiger partial charge on any atom is 0.355 e. The van der Waals surface area contributed by atoms with Gasteiger partial charge in [0.15, 0.2) is 11.5 Å². The Morgan fingerprint density at radius 1 is 1.17 bits per heavy atom. The second-order valence-electron chi connectivity index (χ2n) is 11.1. The molecule has 12 heteroatoms. The van der Waals surface area contributed by atoms with Crippen LogP contribution in [0, 0.1) is 5.82 Å². The van der Waals surface area contributed by atoms with E-state index in [0.29, 0.717) is 48.6 Å². The minimum Gasteiger partial charge on any atom is -0.349 e. The molecule has 0 aliphatic carbocycles. The highest BCUT2D eigenvalue weighted by Gasteiger charge is 2.34. The first-order valence-electron chi connectivity index (χ1n) is 14.0. The van der Waals surface area contributed by atoms with Crippen molar-refractivity contribution < 1.29 is 9.18 Å². The molecule has 0 unspecified atom stereocenters. The van der Waals surface area contributed by atoms with Gasteiger partial charge in [0, 0.05) is 31.4 Å². The van der Waals surface area contributed by atoms with Crippen molar-refractivity contribution in [2.45, 2.75) is 58.7 Å². The number of halogens is 1. The summed E-state index contributed by atoms with van der Waals surface area (Å²) < 4.78 is 19.0. The SMILES string of the molecule is C=CC(=O)N1C[C@H](C)N(c2nc(=O)n3c4nc(c(F)cc24)-c2cn(nn2)C/C=C\Cc2ccnc(C(C)C)c2-3)C[C@H]1C. The highest BCUT2D eigenvalue weighted by Crippen LogP contribution is 2.34. The van der Waals surface area contributed by atoms with Crippen molar-refractivity contribution in [2.75, 3.05) is 18.0 Å². The Bertz CT molecular complexity index is 1810. The van der Waals surface area contributed by atoms with Crippen molar-refractivity contribution >= 4 is 22.8 Å². The third-order valence-electron chi connectivity index (χ3n) is 7.90. The third-order valence-corrected chi connectivity index (χ3v) is 7.90. The van der Waals surface area contributed by atoms with Crippen LogP contribution in [0.15, 0.2) is 54.1 Å². The standard InChI is InChI=1S/C30H32FN9O2/c1-6-24(41)38-14-19(5)39(15-18(38)4)28-21-13-22(31)26-23-16-37(36-35-23)12-8-7-9-20-10-11-32-25(17(2)3)27(20)40(29(21)33-26)30(42)34-28/h6-8,10-11,13,16-19H,1,9,12,14-15H2,2-5H3/b8-7-/t18-,19+/m1/s1. The molecule has 0 spiro atoms. The van der Waals surface area contributed by atoms with Crippen molar-refractivity contribution in [1.82, 2.24) is 39.4 Å². The number of pyridine rings is 2. The number of carbonyl (C=O) groups excluding carboxylic acids is 1. The van der Waals surface area contributed by atoms with Gasteiger partial charge in [-0.1, -0.05) is 37.8 Å². The van der Waals surface area contributed by atoms with Crippen molar-refractivity contribution in [3.05, 3.63) is 76.9 Å². The van der Waals surface area contributed by atoms with Crippen LogP contribution in [0.5, 0.6) is 0 Å². The van der Waals surface area contributed by atoms with Crippen molar-refractivity contribution in [1.29, 1.82) is 0 Å². The number of carbonyl (C=O) groups is 1. The quantitative estimate of drug-likeness (QED) is 0.272. The molecule has 6 rings (SSSR count). The van der Waals surface area contributed by atoms with Gasteiger partial charge in [0.2, 0.25) is 5.91 Å². The molecule has 2 aliphatic heterocycles. The first-order valence-corrected chi connectivity index (χ1v) is 14.0. The molecule has 0 radical (unpaired) electrons. The first-order chi connectivity index (χ1) is 20.2. The van der Waals surface area contributed by atoms with Gasteiger partial charge in [0.1, 0.15) is 17.2 Å². The van der Waals surface area contributed by atoms with E-state index in [0.717, 1.165) is 5.56 Å². The molecule has 2 atom stereocenters. The summed E-state index contributed by atoms with van der Waals surface area (Å²) in [4.78, 5) is 44.3. The van der Waals surface area contributed by atoms with Crippen molar-refractivity contribution in [3.63, 3.8) is 0 Å². The number of amides is 1. The maximum atomic E-state index is 15.9. The van der Waals surface area contributed by atoms with Gasteiger partial charge in [-0.15, -0.1) is 5.10 Å². The summed E-state index contributed by atoms with van der Waals surface area (Å²) in [6.07, 6.45) is 9.16. The van der Waals surface area contributed by atoms with Gasteiger partial charge < -0.3 is 9.80 Å². The van der Waals surface area contributed by atoms with Gasteiger partial charge >= 0.3 is 5.69 Å². The Hall–Kier alpha value is -4.74. The lowest BCUT2D eigenvalue weighted by Gasteiger charge is -2.44. The second-order valence-corrected chi connectivity index (χ2v) is 11.1. The molecule has 42 heavy (non-hydrogen) atoms. The van der Waals surface area contributed by atoms with E-state index >= 15 is 4.39 Å². The molecule has 0 saturated carbocycles. The lowest BCUT2D eigenvalue weighted by Crippen LogP contribution is -2.58. The number of nitrogens with zero attached hydrogens (tertiary/aromatic N) is 9. The molecule has 11 nitrogen and oxygen atoms in total. The van der Waals surface area contributed by atoms with Crippen LogP contribution in [0.3, 0.4) is 0 Å². The fourth-order valence-electron chi connectivity index (χ4n) is 5.80. The Morgan fingerprint density at radius 3 is 2.74 bits per heavy atom. The van der Waals surface area contributed by atoms with Crippen molar-refractivity contribution in [2.24, 2.45) is 0 Å². The monoisotopic (exact) mass is 569 g/mol. The van der Waals surface area contributed by atoms with E-state index < -0.39 is 11.5 Å². The van der Waals surface area contributed by atoms with Crippen LogP contribution in [0.1, 0.15) is 44.9 Å². The normalized spacial score (nSPS) is 19.3. The van der Waals surface area contributed by atoms with Crippen LogP contribution < -0.4 is 10.6 Å². The Morgan fingerprint density at radius 2 is 1.98 bits per heavy atom.